The highest BCUT2D eigenvalue weighted by Crippen LogP contribution is 2.35. The predicted molar refractivity (Wildman–Crippen MR) is 144 cm³/mol. The molecule has 0 bridgehead atoms. The number of nitrogens with one attached hydrogen (secondary N) is 1. The molecule has 3 aromatic carbocycles. The number of pyridine rings is 1. The second-order valence-corrected chi connectivity index (χ2v) is 9.37. The number of amides is 1. The van der Waals surface area contributed by atoms with Gasteiger partial charge < -0.3 is 19.7 Å². The first kappa shape index (κ1) is 24.8. The Hall–Kier alpha value is -4.83. The van der Waals surface area contributed by atoms with Gasteiger partial charge in [-0.25, -0.2) is 4.79 Å². The molecule has 1 fully saturated rings. The molecule has 1 saturated heterocycles. The van der Waals surface area contributed by atoms with Crippen molar-refractivity contribution in [2.45, 2.75) is 31.2 Å². The minimum absolute atomic E-state index is 0.0241. The average molecular weight is 506 g/mol. The maximum atomic E-state index is 13.1. The van der Waals surface area contributed by atoms with Crippen LogP contribution in [0.2, 0.25) is 0 Å². The molecule has 0 saturated carbocycles. The summed E-state index contributed by atoms with van der Waals surface area (Å²) in [6.07, 6.45) is 0.971. The number of H-pyrrole nitrogens is 1. The van der Waals surface area contributed by atoms with E-state index >= 15 is 0 Å². The second kappa shape index (κ2) is 11.1. The first-order valence-corrected chi connectivity index (χ1v) is 12.6. The van der Waals surface area contributed by atoms with Crippen LogP contribution in [0.5, 0.6) is 11.5 Å². The van der Waals surface area contributed by atoms with Crippen LogP contribution < -0.4 is 10.2 Å². The summed E-state index contributed by atoms with van der Waals surface area (Å²) in [6.45, 7) is 0.444. The molecule has 5 rings (SSSR count). The van der Waals surface area contributed by atoms with Crippen LogP contribution in [0.3, 0.4) is 0 Å². The monoisotopic (exact) mass is 505 g/mol. The Labute approximate surface area is 220 Å². The zero-order valence-corrected chi connectivity index (χ0v) is 20.7. The molecule has 1 aliphatic rings. The van der Waals surface area contributed by atoms with Gasteiger partial charge in [-0.05, 0) is 66.8 Å². The van der Waals surface area contributed by atoms with E-state index in [9.17, 15) is 20.0 Å². The number of ether oxygens (including phenoxy) is 1. The fraction of sp³-hybridized carbons (Fsp3) is 0.194. The fourth-order valence-corrected chi connectivity index (χ4v) is 5.19. The van der Waals surface area contributed by atoms with Gasteiger partial charge in [-0.2, -0.15) is 5.26 Å². The number of hydrogen-bond donors (Lipinski definition) is 2. The fourth-order valence-electron chi connectivity index (χ4n) is 5.19. The van der Waals surface area contributed by atoms with E-state index in [1.807, 2.05) is 66.7 Å². The summed E-state index contributed by atoms with van der Waals surface area (Å²) < 4.78 is 5.88. The number of carboxylic acid groups (broad SMARTS) is 1. The Balaban J connectivity index is 1.51. The van der Waals surface area contributed by atoms with E-state index in [1.54, 1.807) is 24.3 Å². The number of piperidine rings is 1. The molecule has 2 unspecified atom stereocenters. The number of nitriles is 1. The zero-order valence-electron chi connectivity index (χ0n) is 20.7. The lowest BCUT2D eigenvalue weighted by atomic mass is 9.82. The zero-order chi connectivity index (χ0) is 26.5. The second-order valence-electron chi connectivity index (χ2n) is 9.37. The van der Waals surface area contributed by atoms with E-state index in [1.165, 1.54) is 11.0 Å². The van der Waals surface area contributed by atoms with Crippen molar-refractivity contribution >= 4 is 6.09 Å². The van der Waals surface area contributed by atoms with Gasteiger partial charge in [0.1, 0.15) is 23.1 Å². The van der Waals surface area contributed by atoms with Gasteiger partial charge in [0.05, 0.1) is 5.69 Å². The van der Waals surface area contributed by atoms with Crippen molar-refractivity contribution in [2.75, 3.05) is 6.54 Å². The summed E-state index contributed by atoms with van der Waals surface area (Å²) in [5.74, 6) is 1.11. The van der Waals surface area contributed by atoms with Gasteiger partial charge in [0.2, 0.25) is 0 Å². The molecule has 2 heterocycles. The number of aromatic amines is 1. The van der Waals surface area contributed by atoms with Crippen molar-refractivity contribution < 1.29 is 14.6 Å². The number of para-hydroxylation sites is 1. The molecular formula is C31H27N3O4. The van der Waals surface area contributed by atoms with Gasteiger partial charge in [-0.1, -0.05) is 48.5 Å². The summed E-state index contributed by atoms with van der Waals surface area (Å²) in [7, 11) is 0. The summed E-state index contributed by atoms with van der Waals surface area (Å²) in [4.78, 5) is 30.1. The van der Waals surface area contributed by atoms with Crippen molar-refractivity contribution in [3.63, 3.8) is 0 Å². The first-order valence-electron chi connectivity index (χ1n) is 12.6. The number of rotatable bonds is 6. The van der Waals surface area contributed by atoms with Crippen LogP contribution in [0, 0.1) is 11.3 Å². The van der Waals surface area contributed by atoms with E-state index < -0.39 is 6.09 Å². The van der Waals surface area contributed by atoms with Gasteiger partial charge in [0.15, 0.2) is 5.43 Å². The predicted octanol–water partition coefficient (Wildman–Crippen LogP) is 6.17. The van der Waals surface area contributed by atoms with Gasteiger partial charge in [-0.15, -0.1) is 0 Å². The normalized spacial score (nSPS) is 17.0. The van der Waals surface area contributed by atoms with Crippen molar-refractivity contribution in [1.29, 1.82) is 5.26 Å². The van der Waals surface area contributed by atoms with E-state index in [0.717, 1.165) is 12.0 Å². The van der Waals surface area contributed by atoms with Crippen LogP contribution in [0.15, 0.2) is 95.8 Å². The largest absolute Gasteiger partial charge is 0.465 e. The maximum Gasteiger partial charge on any atom is 0.407 e. The molecule has 7 nitrogen and oxygen atoms in total. The summed E-state index contributed by atoms with van der Waals surface area (Å²) in [5.41, 5.74) is 2.41. The molecule has 38 heavy (non-hydrogen) atoms. The molecule has 2 atom stereocenters. The summed E-state index contributed by atoms with van der Waals surface area (Å²) in [6, 6.07) is 29.5. The van der Waals surface area contributed by atoms with Crippen LogP contribution >= 0.6 is 0 Å². The lowest BCUT2D eigenvalue weighted by Crippen LogP contribution is -2.48. The number of carbonyl (C=O) groups is 1. The Morgan fingerprint density at radius 3 is 2.32 bits per heavy atom. The molecule has 1 aromatic heterocycles. The Kier molecular flexibility index (Phi) is 7.23. The topological polar surface area (TPSA) is 106 Å². The third-order valence-corrected chi connectivity index (χ3v) is 7.00. The van der Waals surface area contributed by atoms with Gasteiger partial charge in [-0.3, -0.25) is 4.79 Å². The Bertz CT molecular complexity index is 1510. The average Bonchev–Trinajstić information content (AvgIpc) is 2.94. The van der Waals surface area contributed by atoms with Crippen LogP contribution in [-0.2, 0) is 6.42 Å². The first-order chi connectivity index (χ1) is 18.5. The number of hydrogen-bond acceptors (Lipinski definition) is 4. The van der Waals surface area contributed by atoms with Crippen LogP contribution in [-0.4, -0.2) is 33.7 Å². The maximum absolute atomic E-state index is 13.1. The Morgan fingerprint density at radius 1 is 1.00 bits per heavy atom. The lowest BCUT2D eigenvalue weighted by molar-refractivity contribution is 0.0957. The molecule has 4 aromatic rings. The van der Waals surface area contributed by atoms with Crippen molar-refractivity contribution in [3.8, 4) is 28.8 Å². The van der Waals surface area contributed by atoms with E-state index in [-0.39, 0.29) is 23.0 Å². The highest BCUT2D eigenvalue weighted by molar-refractivity contribution is 5.68. The van der Waals surface area contributed by atoms with Crippen LogP contribution in [0.1, 0.15) is 35.6 Å². The minimum atomic E-state index is -0.971. The molecule has 2 N–H and O–H groups in total. The highest BCUT2D eigenvalue weighted by Gasteiger charge is 2.36. The SMILES string of the molecule is N#Cc1c(-c2ccc(Oc3ccccc3)cc2)[nH]c(C2CCCN(C(=O)O)C2Cc2ccccc2)cc1=O. The Morgan fingerprint density at radius 2 is 1.66 bits per heavy atom. The molecule has 1 aliphatic heterocycles. The van der Waals surface area contributed by atoms with E-state index in [2.05, 4.69) is 4.98 Å². The molecule has 0 aliphatic carbocycles. The third-order valence-electron chi connectivity index (χ3n) is 7.00. The number of nitrogens with zero attached hydrogens (tertiary/aromatic N) is 2. The number of benzene rings is 3. The quantitative estimate of drug-likeness (QED) is 0.326. The highest BCUT2D eigenvalue weighted by atomic mass is 16.5. The molecule has 7 heteroatoms. The molecule has 0 radical (unpaired) electrons. The summed E-state index contributed by atoms with van der Waals surface area (Å²) >= 11 is 0. The van der Waals surface area contributed by atoms with Gasteiger partial charge in [0, 0.05) is 30.3 Å². The lowest BCUT2D eigenvalue weighted by Gasteiger charge is -2.40. The molecule has 190 valence electrons. The van der Waals surface area contributed by atoms with Gasteiger partial charge in [0.25, 0.3) is 0 Å². The number of likely N-dealkylation sites (tertiary alicyclic amines) is 1. The van der Waals surface area contributed by atoms with E-state index in [4.69, 9.17) is 4.74 Å². The minimum Gasteiger partial charge on any atom is -0.465 e. The standard InChI is InChI=1S/C31H27N3O4/c32-20-26-29(35)19-27(25-12-7-17-34(31(36)37)28(25)18-21-8-3-1-4-9-21)33-30(26)22-13-15-24(16-14-22)38-23-10-5-2-6-11-23/h1-6,8-11,13-16,19,25,28H,7,12,17-18H2,(H,33,35)(H,36,37). The van der Waals surface area contributed by atoms with Crippen LogP contribution in [0.4, 0.5) is 4.79 Å². The van der Waals surface area contributed by atoms with Crippen molar-refractivity contribution in [1.82, 2.24) is 9.88 Å². The summed E-state index contributed by atoms with van der Waals surface area (Å²) in [5, 5.41) is 19.7. The van der Waals surface area contributed by atoms with E-state index in [0.29, 0.717) is 47.8 Å². The van der Waals surface area contributed by atoms with Gasteiger partial charge >= 0.3 is 6.09 Å². The molecular weight excluding hydrogens is 478 g/mol. The third kappa shape index (κ3) is 5.30. The van der Waals surface area contributed by atoms with Crippen molar-refractivity contribution in [2.24, 2.45) is 0 Å². The number of aromatic nitrogens is 1. The molecule has 0 spiro atoms. The van der Waals surface area contributed by atoms with Crippen molar-refractivity contribution in [3.05, 3.63) is 118 Å². The smallest absolute Gasteiger partial charge is 0.407 e. The van der Waals surface area contributed by atoms with Crippen LogP contribution in [0.25, 0.3) is 11.3 Å². The molecule has 1 amide bonds.